The van der Waals surface area contributed by atoms with E-state index < -0.39 is 28.3 Å². The zero-order valence-corrected chi connectivity index (χ0v) is 14.7. The number of hydrogen-bond acceptors (Lipinski definition) is 6. The normalized spacial score (nSPS) is 18.4. The Labute approximate surface area is 153 Å². The third-order valence-electron chi connectivity index (χ3n) is 5.22. The van der Waals surface area contributed by atoms with Crippen molar-refractivity contribution in [1.29, 1.82) is 0 Å². The van der Waals surface area contributed by atoms with E-state index in [1.807, 2.05) is 0 Å². The Hall–Kier alpha value is -2.65. The molecule has 2 aliphatic rings. The van der Waals surface area contributed by atoms with Crippen LogP contribution >= 0.6 is 0 Å². The summed E-state index contributed by atoms with van der Waals surface area (Å²) in [5.41, 5.74) is 4.57. The van der Waals surface area contributed by atoms with Crippen LogP contribution in [0.1, 0.15) is 29.2 Å². The molecule has 1 saturated heterocycles. The highest BCUT2D eigenvalue weighted by atomic mass is 19.1. The lowest BCUT2D eigenvalue weighted by Crippen LogP contribution is -2.69. The fraction of sp³-hybridized carbons (Fsp3) is 0.444. The summed E-state index contributed by atoms with van der Waals surface area (Å²) in [6.45, 7) is 0.252. The van der Waals surface area contributed by atoms with E-state index in [1.54, 1.807) is 9.47 Å². The number of halogens is 1. The van der Waals surface area contributed by atoms with Gasteiger partial charge in [0.15, 0.2) is 11.6 Å². The van der Waals surface area contributed by atoms with Gasteiger partial charge in [0.05, 0.1) is 30.2 Å². The molecular weight excluding hydrogens is 357 g/mol. The van der Waals surface area contributed by atoms with Gasteiger partial charge in [-0.3, -0.25) is 4.79 Å². The van der Waals surface area contributed by atoms with Crippen molar-refractivity contribution < 1.29 is 24.1 Å². The fourth-order valence-corrected chi connectivity index (χ4v) is 3.70. The second-order valence-electron chi connectivity index (χ2n) is 7.33. The van der Waals surface area contributed by atoms with Gasteiger partial charge in [-0.1, -0.05) is 0 Å². The number of benzene rings is 1. The number of carboxylic acid groups (broad SMARTS) is 1. The molecule has 0 unspecified atom stereocenters. The predicted octanol–water partition coefficient (Wildman–Crippen LogP) is 0.692. The van der Waals surface area contributed by atoms with E-state index in [9.17, 15) is 24.2 Å². The van der Waals surface area contributed by atoms with Crippen LogP contribution < -0.4 is 20.8 Å². The number of aromatic carboxylic acids is 1. The zero-order valence-electron chi connectivity index (χ0n) is 14.7. The van der Waals surface area contributed by atoms with E-state index >= 15 is 0 Å². The number of carboxylic acids is 1. The van der Waals surface area contributed by atoms with Gasteiger partial charge in [0, 0.05) is 25.3 Å². The monoisotopic (exact) mass is 377 g/mol. The Morgan fingerprint density at radius 2 is 2.11 bits per heavy atom. The van der Waals surface area contributed by atoms with E-state index in [1.165, 1.54) is 13.3 Å². The standard InChI is InChI=1S/C18H20FN3O5/c1-27-16-13-10(4-12(19)14(16)21-6-18(20,7-21)8-23)15(24)11(17(25)26)5-22(13)9-2-3-9/h4-5,9,23H,2-3,6-8,20H2,1H3,(H,25,26). The lowest BCUT2D eigenvalue weighted by atomic mass is 9.91. The fourth-order valence-electron chi connectivity index (χ4n) is 3.70. The van der Waals surface area contributed by atoms with Crippen LogP contribution in [0.15, 0.2) is 17.1 Å². The summed E-state index contributed by atoms with van der Waals surface area (Å²) in [7, 11) is 1.38. The van der Waals surface area contributed by atoms with Crippen LogP contribution in [0.3, 0.4) is 0 Å². The molecule has 8 nitrogen and oxygen atoms in total. The Bertz CT molecular complexity index is 1010. The van der Waals surface area contributed by atoms with Crippen LogP contribution in [0.4, 0.5) is 10.1 Å². The number of rotatable bonds is 5. The van der Waals surface area contributed by atoms with Crippen LogP contribution in [0, 0.1) is 5.82 Å². The second-order valence-corrected chi connectivity index (χ2v) is 7.33. The molecule has 27 heavy (non-hydrogen) atoms. The zero-order chi connectivity index (χ0) is 19.5. The van der Waals surface area contributed by atoms with Crippen molar-refractivity contribution in [3.63, 3.8) is 0 Å². The van der Waals surface area contributed by atoms with Crippen molar-refractivity contribution in [3.05, 3.63) is 33.9 Å². The summed E-state index contributed by atoms with van der Waals surface area (Å²) in [4.78, 5) is 25.7. The molecular formula is C18H20FN3O5. The van der Waals surface area contributed by atoms with Gasteiger partial charge in [-0.2, -0.15) is 0 Å². The molecule has 9 heteroatoms. The number of nitrogens with zero attached hydrogens (tertiary/aromatic N) is 2. The van der Waals surface area contributed by atoms with Crippen LogP contribution in [0.25, 0.3) is 10.9 Å². The quantitative estimate of drug-likeness (QED) is 0.702. The molecule has 0 atom stereocenters. The highest BCUT2D eigenvalue weighted by Gasteiger charge is 2.42. The van der Waals surface area contributed by atoms with E-state index in [4.69, 9.17) is 10.5 Å². The van der Waals surface area contributed by atoms with Crippen molar-refractivity contribution in [1.82, 2.24) is 4.57 Å². The lowest BCUT2D eigenvalue weighted by molar-refractivity contribution is 0.0695. The number of aromatic nitrogens is 1. The van der Waals surface area contributed by atoms with Gasteiger partial charge >= 0.3 is 5.97 Å². The minimum atomic E-state index is -1.35. The second kappa shape index (κ2) is 5.93. The molecule has 144 valence electrons. The number of pyridine rings is 1. The lowest BCUT2D eigenvalue weighted by Gasteiger charge is -2.48. The van der Waals surface area contributed by atoms with Gasteiger partial charge in [0.2, 0.25) is 5.43 Å². The minimum Gasteiger partial charge on any atom is -0.492 e. The number of aliphatic hydroxyl groups is 1. The van der Waals surface area contributed by atoms with Gasteiger partial charge in [-0.25, -0.2) is 9.18 Å². The van der Waals surface area contributed by atoms with Gasteiger partial charge in [0.25, 0.3) is 0 Å². The van der Waals surface area contributed by atoms with Crippen molar-refractivity contribution in [2.75, 3.05) is 31.7 Å². The molecule has 1 aromatic heterocycles. The summed E-state index contributed by atoms with van der Waals surface area (Å²) in [5.74, 6) is -1.87. The molecule has 0 amide bonds. The topological polar surface area (TPSA) is 118 Å². The molecule has 1 aliphatic heterocycles. The van der Waals surface area contributed by atoms with Crippen LogP contribution in [-0.4, -0.2) is 53.1 Å². The third kappa shape index (κ3) is 2.65. The van der Waals surface area contributed by atoms with Crippen LogP contribution in [0.5, 0.6) is 5.75 Å². The average molecular weight is 377 g/mol. The maximum absolute atomic E-state index is 14.9. The molecule has 4 rings (SSSR count). The van der Waals surface area contributed by atoms with E-state index in [-0.39, 0.29) is 42.6 Å². The van der Waals surface area contributed by atoms with Crippen molar-refractivity contribution >= 4 is 22.6 Å². The summed E-state index contributed by atoms with van der Waals surface area (Å²) in [5, 5.41) is 18.7. The van der Waals surface area contributed by atoms with E-state index in [2.05, 4.69) is 0 Å². The Morgan fingerprint density at radius 3 is 2.63 bits per heavy atom. The van der Waals surface area contributed by atoms with Crippen LogP contribution in [0.2, 0.25) is 0 Å². The van der Waals surface area contributed by atoms with Crippen LogP contribution in [-0.2, 0) is 0 Å². The van der Waals surface area contributed by atoms with Crippen molar-refractivity contribution in [3.8, 4) is 5.75 Å². The first kappa shape index (κ1) is 17.7. The summed E-state index contributed by atoms with van der Waals surface area (Å²) < 4.78 is 22.1. The Balaban J connectivity index is 1.99. The molecule has 2 fully saturated rings. The van der Waals surface area contributed by atoms with E-state index in [0.717, 1.165) is 18.9 Å². The number of ether oxygens (including phenoxy) is 1. The first-order valence-electron chi connectivity index (χ1n) is 8.63. The third-order valence-corrected chi connectivity index (χ3v) is 5.22. The number of hydrogen-bond donors (Lipinski definition) is 3. The summed E-state index contributed by atoms with van der Waals surface area (Å²) in [6, 6.07) is 1.11. The predicted molar refractivity (Wildman–Crippen MR) is 96.2 cm³/mol. The molecule has 0 radical (unpaired) electrons. The number of nitrogens with two attached hydrogens (primary N) is 1. The molecule has 2 heterocycles. The summed E-state index contributed by atoms with van der Waals surface area (Å²) >= 11 is 0. The van der Waals surface area contributed by atoms with Crippen molar-refractivity contribution in [2.45, 2.75) is 24.4 Å². The van der Waals surface area contributed by atoms with Gasteiger partial charge in [-0.15, -0.1) is 0 Å². The van der Waals surface area contributed by atoms with Gasteiger partial charge in [0.1, 0.15) is 11.3 Å². The maximum atomic E-state index is 14.9. The van der Waals surface area contributed by atoms with Gasteiger partial charge in [-0.05, 0) is 18.9 Å². The molecule has 2 aromatic rings. The number of aliphatic hydroxyl groups excluding tert-OH is 1. The Morgan fingerprint density at radius 1 is 1.44 bits per heavy atom. The highest BCUT2D eigenvalue weighted by Crippen LogP contribution is 2.45. The largest absolute Gasteiger partial charge is 0.492 e. The number of carbonyl (C=O) groups is 1. The highest BCUT2D eigenvalue weighted by molar-refractivity contribution is 5.97. The molecule has 1 aliphatic carbocycles. The SMILES string of the molecule is COc1c(N2CC(N)(CO)C2)c(F)cc2c(=O)c(C(=O)O)cn(C3CC3)c12. The molecule has 0 bridgehead atoms. The summed E-state index contributed by atoms with van der Waals surface area (Å²) in [6.07, 6.45) is 2.99. The first-order chi connectivity index (χ1) is 12.8. The average Bonchev–Trinajstić information content (AvgIpc) is 3.43. The maximum Gasteiger partial charge on any atom is 0.341 e. The molecule has 1 saturated carbocycles. The van der Waals surface area contributed by atoms with Crippen molar-refractivity contribution in [2.24, 2.45) is 5.73 Å². The number of fused-ring (bicyclic) bond motifs is 1. The molecule has 1 aromatic carbocycles. The molecule has 0 spiro atoms. The smallest absolute Gasteiger partial charge is 0.341 e. The minimum absolute atomic E-state index is 0.0263. The molecule has 4 N–H and O–H groups in total. The first-order valence-corrected chi connectivity index (χ1v) is 8.63. The number of anilines is 1. The Kier molecular flexibility index (Phi) is 3.90. The van der Waals surface area contributed by atoms with E-state index in [0.29, 0.717) is 5.52 Å². The van der Waals surface area contributed by atoms with Gasteiger partial charge < -0.3 is 30.2 Å². The number of methoxy groups -OCH3 is 1.